The lowest BCUT2D eigenvalue weighted by molar-refractivity contribution is 0.666. The van der Waals surface area contributed by atoms with Gasteiger partial charge in [0, 0.05) is 11.1 Å². The van der Waals surface area contributed by atoms with E-state index in [0.717, 1.165) is 29.0 Å². The van der Waals surface area contributed by atoms with E-state index in [1.165, 1.54) is 5.56 Å². The van der Waals surface area contributed by atoms with Gasteiger partial charge in [-0.3, -0.25) is 0 Å². The second kappa shape index (κ2) is 8.28. The highest BCUT2D eigenvalue weighted by Gasteiger charge is 2.12. The van der Waals surface area contributed by atoms with Crippen LogP contribution in [0.5, 0.6) is 0 Å². The van der Waals surface area contributed by atoms with Crippen LogP contribution in [0.4, 0.5) is 0 Å². The molecule has 0 saturated heterocycles. The zero-order valence-electron chi connectivity index (χ0n) is 11.8. The molecule has 0 atom stereocenters. The molecule has 116 valence electrons. The number of hydrogen-bond acceptors (Lipinski definition) is 6. The van der Waals surface area contributed by atoms with Crippen molar-refractivity contribution >= 4 is 35.5 Å². The van der Waals surface area contributed by atoms with Crippen molar-refractivity contribution in [2.45, 2.75) is 24.0 Å². The third-order valence-electron chi connectivity index (χ3n) is 2.99. The van der Waals surface area contributed by atoms with Crippen LogP contribution in [0.15, 0.2) is 46.4 Å². The lowest BCUT2D eigenvalue weighted by Crippen LogP contribution is -2.10. The lowest BCUT2D eigenvalue weighted by Gasteiger charge is -2.09. The zero-order valence-corrected chi connectivity index (χ0v) is 14.2. The summed E-state index contributed by atoms with van der Waals surface area (Å²) in [6.07, 6.45) is 0. The van der Waals surface area contributed by atoms with Gasteiger partial charge in [0.15, 0.2) is 5.16 Å². The Hall–Kier alpha value is -1.41. The molecule has 0 saturated carbocycles. The van der Waals surface area contributed by atoms with Crippen LogP contribution in [0.3, 0.4) is 0 Å². The molecule has 2 aromatic heterocycles. The summed E-state index contributed by atoms with van der Waals surface area (Å²) in [6, 6.07) is 10.3. The van der Waals surface area contributed by atoms with Gasteiger partial charge in [-0.05, 0) is 5.56 Å². The SMILES string of the molecule is Cl.NCc1nnc(SCc2cscn2)n1Cc1ccccc1. The van der Waals surface area contributed by atoms with Crippen LogP contribution in [-0.2, 0) is 18.8 Å². The van der Waals surface area contributed by atoms with Gasteiger partial charge in [-0.25, -0.2) is 4.98 Å². The van der Waals surface area contributed by atoms with Crippen molar-refractivity contribution in [3.05, 3.63) is 58.3 Å². The molecule has 0 bridgehead atoms. The summed E-state index contributed by atoms with van der Waals surface area (Å²) in [5.74, 6) is 1.60. The molecular weight excluding hydrogens is 338 g/mol. The first-order chi connectivity index (χ1) is 10.4. The summed E-state index contributed by atoms with van der Waals surface area (Å²) in [7, 11) is 0. The fourth-order valence-electron chi connectivity index (χ4n) is 1.95. The molecule has 0 aliphatic carbocycles. The van der Waals surface area contributed by atoms with Crippen molar-refractivity contribution < 1.29 is 0 Å². The Morgan fingerprint density at radius 3 is 2.68 bits per heavy atom. The number of halogens is 1. The largest absolute Gasteiger partial charge is 0.324 e. The Bertz CT molecular complexity index is 685. The van der Waals surface area contributed by atoms with Gasteiger partial charge < -0.3 is 10.3 Å². The summed E-state index contributed by atoms with van der Waals surface area (Å²) < 4.78 is 2.08. The Kier molecular flexibility index (Phi) is 6.38. The second-order valence-corrected chi connectivity index (χ2v) is 6.10. The fraction of sp³-hybridized carbons (Fsp3) is 0.214. The first-order valence-corrected chi connectivity index (χ1v) is 8.45. The minimum absolute atomic E-state index is 0. The first-order valence-electron chi connectivity index (χ1n) is 6.52. The summed E-state index contributed by atoms with van der Waals surface area (Å²) in [5, 5.41) is 11.4. The summed E-state index contributed by atoms with van der Waals surface area (Å²) in [6.45, 7) is 1.12. The van der Waals surface area contributed by atoms with Crippen LogP contribution < -0.4 is 5.73 Å². The first kappa shape index (κ1) is 17.0. The summed E-state index contributed by atoms with van der Waals surface area (Å²) >= 11 is 3.24. The van der Waals surface area contributed by atoms with Gasteiger partial charge in [0.05, 0.1) is 24.3 Å². The number of aromatic nitrogens is 4. The topological polar surface area (TPSA) is 69.6 Å². The van der Waals surface area contributed by atoms with Gasteiger partial charge in [0.2, 0.25) is 0 Å². The van der Waals surface area contributed by atoms with Crippen LogP contribution in [0.2, 0.25) is 0 Å². The molecule has 5 nitrogen and oxygen atoms in total. The molecule has 3 rings (SSSR count). The maximum absolute atomic E-state index is 5.77. The maximum atomic E-state index is 5.77. The van der Waals surface area contributed by atoms with E-state index in [2.05, 4.69) is 37.3 Å². The van der Waals surface area contributed by atoms with E-state index in [1.54, 1.807) is 23.1 Å². The molecule has 22 heavy (non-hydrogen) atoms. The number of benzene rings is 1. The Labute approximate surface area is 143 Å². The Morgan fingerprint density at radius 1 is 1.18 bits per heavy atom. The predicted molar refractivity (Wildman–Crippen MR) is 92.4 cm³/mol. The summed E-state index contributed by atoms with van der Waals surface area (Å²) in [5.41, 5.74) is 9.88. The number of thiazole rings is 1. The van der Waals surface area contributed by atoms with Crippen molar-refractivity contribution in [1.29, 1.82) is 0 Å². The summed E-state index contributed by atoms with van der Waals surface area (Å²) in [4.78, 5) is 4.29. The van der Waals surface area contributed by atoms with Gasteiger partial charge in [0.25, 0.3) is 0 Å². The van der Waals surface area contributed by atoms with Crippen LogP contribution in [0.1, 0.15) is 17.1 Å². The van der Waals surface area contributed by atoms with Crippen molar-refractivity contribution in [2.24, 2.45) is 5.73 Å². The number of rotatable bonds is 6. The molecule has 1 aromatic carbocycles. The number of nitrogens with zero attached hydrogens (tertiary/aromatic N) is 4. The van der Waals surface area contributed by atoms with Crippen molar-refractivity contribution in [3.8, 4) is 0 Å². The monoisotopic (exact) mass is 353 g/mol. The molecule has 2 heterocycles. The fourth-order valence-corrected chi connectivity index (χ4v) is 3.47. The quantitative estimate of drug-likeness (QED) is 0.690. The van der Waals surface area contributed by atoms with E-state index >= 15 is 0 Å². The lowest BCUT2D eigenvalue weighted by atomic mass is 10.2. The number of nitrogens with two attached hydrogens (primary N) is 1. The van der Waals surface area contributed by atoms with Gasteiger partial charge >= 0.3 is 0 Å². The molecule has 0 aliphatic heterocycles. The molecule has 8 heteroatoms. The van der Waals surface area contributed by atoms with Crippen LogP contribution in [0.25, 0.3) is 0 Å². The third-order valence-corrected chi connectivity index (χ3v) is 4.63. The zero-order chi connectivity index (χ0) is 14.5. The molecule has 0 spiro atoms. The van der Waals surface area contributed by atoms with Gasteiger partial charge in [-0.1, -0.05) is 42.1 Å². The average Bonchev–Trinajstić information content (AvgIpc) is 3.16. The van der Waals surface area contributed by atoms with E-state index in [4.69, 9.17) is 5.73 Å². The Balaban J connectivity index is 0.00000176. The highest BCUT2D eigenvalue weighted by Crippen LogP contribution is 2.22. The highest BCUT2D eigenvalue weighted by molar-refractivity contribution is 7.98. The van der Waals surface area contributed by atoms with Gasteiger partial charge in [0.1, 0.15) is 5.82 Å². The Morgan fingerprint density at radius 2 is 2.00 bits per heavy atom. The third kappa shape index (κ3) is 4.07. The van der Waals surface area contributed by atoms with Crippen molar-refractivity contribution in [2.75, 3.05) is 0 Å². The predicted octanol–water partition coefficient (Wildman–Crippen LogP) is 2.96. The van der Waals surface area contributed by atoms with E-state index in [0.29, 0.717) is 6.54 Å². The average molecular weight is 354 g/mol. The number of hydrogen-bond donors (Lipinski definition) is 1. The van der Waals surface area contributed by atoms with E-state index in [9.17, 15) is 0 Å². The smallest absolute Gasteiger partial charge is 0.191 e. The van der Waals surface area contributed by atoms with Crippen molar-refractivity contribution in [1.82, 2.24) is 19.7 Å². The molecule has 0 amide bonds. The minimum atomic E-state index is 0. The second-order valence-electron chi connectivity index (χ2n) is 4.44. The molecule has 3 aromatic rings. The van der Waals surface area contributed by atoms with E-state index in [-0.39, 0.29) is 12.4 Å². The number of thioether (sulfide) groups is 1. The van der Waals surface area contributed by atoms with Gasteiger partial charge in [-0.15, -0.1) is 33.9 Å². The van der Waals surface area contributed by atoms with Gasteiger partial charge in [-0.2, -0.15) is 0 Å². The standard InChI is InChI=1S/C14H15N5S2.ClH/c15-6-13-17-18-14(21-9-12-8-20-10-16-12)19(13)7-11-4-2-1-3-5-11;/h1-5,8,10H,6-7,9,15H2;1H. The van der Waals surface area contributed by atoms with E-state index in [1.807, 2.05) is 23.7 Å². The minimum Gasteiger partial charge on any atom is -0.324 e. The van der Waals surface area contributed by atoms with Crippen molar-refractivity contribution in [3.63, 3.8) is 0 Å². The van der Waals surface area contributed by atoms with Crippen LogP contribution >= 0.6 is 35.5 Å². The normalized spacial score (nSPS) is 10.4. The molecular formula is C14H16ClN5S2. The van der Waals surface area contributed by atoms with E-state index < -0.39 is 0 Å². The maximum Gasteiger partial charge on any atom is 0.191 e. The molecule has 2 N–H and O–H groups in total. The van der Waals surface area contributed by atoms with Crippen LogP contribution in [0, 0.1) is 0 Å². The molecule has 0 unspecified atom stereocenters. The molecule has 0 radical (unpaired) electrons. The van der Waals surface area contributed by atoms with Crippen LogP contribution in [-0.4, -0.2) is 19.7 Å². The molecule has 0 fully saturated rings. The molecule has 0 aliphatic rings. The highest BCUT2D eigenvalue weighted by atomic mass is 35.5.